The second-order valence-corrected chi connectivity index (χ2v) is 6.29. The molecule has 6 heteroatoms. The molecule has 1 saturated heterocycles. The first-order chi connectivity index (χ1) is 7.00. The van der Waals surface area contributed by atoms with Crippen molar-refractivity contribution in [3.63, 3.8) is 0 Å². The topological polar surface area (TPSA) is 80.5 Å². The summed E-state index contributed by atoms with van der Waals surface area (Å²) in [5.41, 5.74) is 5.74. The summed E-state index contributed by atoms with van der Waals surface area (Å²) in [4.78, 5) is 11.5. The first-order valence-electron chi connectivity index (χ1n) is 5.31. The summed E-state index contributed by atoms with van der Waals surface area (Å²) in [5.74, 6) is -0.260. The molecule has 0 bridgehead atoms. The van der Waals surface area contributed by atoms with Gasteiger partial charge in [-0.1, -0.05) is 0 Å². The second kappa shape index (κ2) is 3.75. The number of rotatable bonds is 1. The Balaban J connectivity index is 2.13. The summed E-state index contributed by atoms with van der Waals surface area (Å²) in [7, 11) is -3.31. The molecule has 1 aliphatic carbocycles. The standard InChI is InChI=1S/C9H16N2O3S/c10-7-1-3-8(4-2-7)11-9(12)5-6-15(11,13)14/h7-8H,1-6,10H2. The molecule has 5 nitrogen and oxygen atoms in total. The highest BCUT2D eigenvalue weighted by Gasteiger charge is 2.40. The van der Waals surface area contributed by atoms with Gasteiger partial charge in [0.1, 0.15) is 0 Å². The number of carbonyl (C=O) groups excluding carboxylic acids is 1. The van der Waals surface area contributed by atoms with Crippen LogP contribution < -0.4 is 5.73 Å². The molecule has 1 amide bonds. The van der Waals surface area contributed by atoms with Crippen LogP contribution in [0.15, 0.2) is 0 Å². The van der Waals surface area contributed by atoms with E-state index in [0.717, 1.165) is 17.1 Å². The number of nitrogens with two attached hydrogens (primary N) is 1. The van der Waals surface area contributed by atoms with Crippen molar-refractivity contribution in [1.82, 2.24) is 4.31 Å². The Bertz CT molecular complexity index is 358. The van der Waals surface area contributed by atoms with Crippen molar-refractivity contribution in [2.45, 2.75) is 44.2 Å². The van der Waals surface area contributed by atoms with Gasteiger partial charge in [0.25, 0.3) is 0 Å². The molecule has 0 aromatic carbocycles. The number of nitrogens with zero attached hydrogens (tertiary/aromatic N) is 1. The van der Waals surface area contributed by atoms with Crippen molar-refractivity contribution < 1.29 is 13.2 Å². The molecule has 1 saturated carbocycles. The molecule has 15 heavy (non-hydrogen) atoms. The third kappa shape index (κ3) is 2.01. The van der Waals surface area contributed by atoms with E-state index in [4.69, 9.17) is 5.73 Å². The van der Waals surface area contributed by atoms with Gasteiger partial charge in [-0.2, -0.15) is 0 Å². The van der Waals surface area contributed by atoms with Gasteiger partial charge in [0.05, 0.1) is 5.75 Å². The summed E-state index contributed by atoms with van der Waals surface area (Å²) >= 11 is 0. The number of amides is 1. The van der Waals surface area contributed by atoms with Crippen molar-refractivity contribution in [2.75, 3.05) is 5.75 Å². The summed E-state index contributed by atoms with van der Waals surface area (Å²) in [6, 6.07) is 0.0338. The second-order valence-electron chi connectivity index (χ2n) is 4.32. The minimum atomic E-state index is -3.31. The van der Waals surface area contributed by atoms with Crippen molar-refractivity contribution in [2.24, 2.45) is 5.73 Å². The van der Waals surface area contributed by atoms with E-state index in [1.165, 1.54) is 0 Å². The van der Waals surface area contributed by atoms with E-state index in [1.54, 1.807) is 0 Å². The van der Waals surface area contributed by atoms with E-state index in [1.807, 2.05) is 0 Å². The molecule has 0 radical (unpaired) electrons. The maximum Gasteiger partial charge on any atom is 0.238 e. The summed E-state index contributed by atoms with van der Waals surface area (Å²) in [6.45, 7) is 0. The third-order valence-electron chi connectivity index (χ3n) is 3.19. The monoisotopic (exact) mass is 232 g/mol. The highest BCUT2D eigenvalue weighted by Crippen LogP contribution is 2.28. The van der Waals surface area contributed by atoms with Gasteiger partial charge in [-0.05, 0) is 25.7 Å². The predicted octanol–water partition coefficient (Wildman–Crippen LogP) is -0.182. The molecule has 0 aromatic rings. The normalized spacial score (nSPS) is 35.8. The van der Waals surface area contributed by atoms with Crippen molar-refractivity contribution >= 4 is 15.9 Å². The molecule has 0 atom stereocenters. The Morgan fingerprint density at radius 2 is 1.80 bits per heavy atom. The fourth-order valence-electron chi connectivity index (χ4n) is 2.35. The van der Waals surface area contributed by atoms with Crippen LogP contribution in [0.4, 0.5) is 0 Å². The van der Waals surface area contributed by atoms with Crippen molar-refractivity contribution in [3.8, 4) is 0 Å². The van der Waals surface area contributed by atoms with Gasteiger partial charge in [-0.15, -0.1) is 0 Å². The van der Waals surface area contributed by atoms with Crippen LogP contribution in [-0.4, -0.2) is 36.5 Å². The fourth-order valence-corrected chi connectivity index (χ4v) is 4.04. The fraction of sp³-hybridized carbons (Fsp3) is 0.889. The Kier molecular flexibility index (Phi) is 2.72. The third-order valence-corrected chi connectivity index (χ3v) is 5.01. The molecular weight excluding hydrogens is 216 g/mol. The molecule has 0 unspecified atom stereocenters. The Morgan fingerprint density at radius 1 is 1.20 bits per heavy atom. The van der Waals surface area contributed by atoms with Crippen LogP contribution in [-0.2, 0) is 14.8 Å². The molecular formula is C9H16N2O3S. The maximum absolute atomic E-state index is 11.6. The van der Waals surface area contributed by atoms with E-state index < -0.39 is 10.0 Å². The minimum absolute atomic E-state index is 0.0195. The number of hydrogen-bond acceptors (Lipinski definition) is 4. The quantitative estimate of drug-likeness (QED) is 0.680. The predicted molar refractivity (Wildman–Crippen MR) is 55.5 cm³/mol. The van der Waals surface area contributed by atoms with Crippen molar-refractivity contribution in [1.29, 1.82) is 0 Å². The average Bonchev–Trinajstić information content (AvgIpc) is 2.43. The Hall–Kier alpha value is -0.620. The lowest BCUT2D eigenvalue weighted by Gasteiger charge is -2.32. The lowest BCUT2D eigenvalue weighted by Crippen LogP contribution is -2.43. The van der Waals surface area contributed by atoms with Gasteiger partial charge in [0.15, 0.2) is 0 Å². The molecule has 0 aromatic heterocycles. The molecule has 2 N–H and O–H groups in total. The first kappa shape index (κ1) is 10.9. The lowest BCUT2D eigenvalue weighted by molar-refractivity contribution is -0.126. The maximum atomic E-state index is 11.6. The molecule has 2 fully saturated rings. The molecule has 1 heterocycles. The smallest absolute Gasteiger partial charge is 0.238 e. The zero-order valence-electron chi connectivity index (χ0n) is 8.55. The van der Waals surface area contributed by atoms with Crippen LogP contribution >= 0.6 is 0 Å². The van der Waals surface area contributed by atoms with Gasteiger partial charge < -0.3 is 5.73 Å². The summed E-state index contributed by atoms with van der Waals surface area (Å²) < 4.78 is 24.4. The summed E-state index contributed by atoms with van der Waals surface area (Å²) in [5, 5.41) is 0. The highest BCUT2D eigenvalue weighted by molar-refractivity contribution is 7.90. The molecule has 86 valence electrons. The van der Waals surface area contributed by atoms with Gasteiger partial charge in [-0.25, -0.2) is 12.7 Å². The van der Waals surface area contributed by atoms with Crippen molar-refractivity contribution in [3.05, 3.63) is 0 Å². The van der Waals surface area contributed by atoms with E-state index >= 15 is 0 Å². The van der Waals surface area contributed by atoms with Gasteiger partial charge in [0, 0.05) is 18.5 Å². The number of hydrogen-bond donors (Lipinski definition) is 1. The average molecular weight is 232 g/mol. The zero-order valence-corrected chi connectivity index (χ0v) is 9.37. The highest BCUT2D eigenvalue weighted by atomic mass is 32.2. The van der Waals surface area contributed by atoms with Crippen LogP contribution in [0.5, 0.6) is 0 Å². The summed E-state index contributed by atoms with van der Waals surface area (Å²) in [6.07, 6.45) is 3.19. The van der Waals surface area contributed by atoms with Crippen LogP contribution in [0.1, 0.15) is 32.1 Å². The molecule has 2 aliphatic rings. The lowest BCUT2D eigenvalue weighted by atomic mass is 9.92. The van der Waals surface area contributed by atoms with Crippen LogP contribution in [0.2, 0.25) is 0 Å². The van der Waals surface area contributed by atoms with Gasteiger partial charge >= 0.3 is 0 Å². The largest absolute Gasteiger partial charge is 0.328 e. The first-order valence-corrected chi connectivity index (χ1v) is 6.92. The van der Waals surface area contributed by atoms with Crippen LogP contribution in [0.3, 0.4) is 0 Å². The van der Waals surface area contributed by atoms with Crippen LogP contribution in [0, 0.1) is 0 Å². The van der Waals surface area contributed by atoms with E-state index in [9.17, 15) is 13.2 Å². The number of sulfonamides is 1. The van der Waals surface area contributed by atoms with Gasteiger partial charge in [-0.3, -0.25) is 4.79 Å². The Morgan fingerprint density at radius 3 is 2.27 bits per heavy atom. The SMILES string of the molecule is NC1CCC(N2C(=O)CCS2(=O)=O)CC1. The Labute approximate surface area is 89.7 Å². The van der Waals surface area contributed by atoms with Crippen LogP contribution in [0.25, 0.3) is 0 Å². The van der Waals surface area contributed by atoms with E-state index in [2.05, 4.69) is 0 Å². The van der Waals surface area contributed by atoms with E-state index in [0.29, 0.717) is 12.8 Å². The zero-order chi connectivity index (χ0) is 11.1. The van der Waals surface area contributed by atoms with Gasteiger partial charge in [0.2, 0.25) is 15.9 Å². The minimum Gasteiger partial charge on any atom is -0.328 e. The van der Waals surface area contributed by atoms with E-state index in [-0.39, 0.29) is 30.2 Å². The molecule has 0 spiro atoms. The number of carbonyl (C=O) groups is 1. The molecule has 2 rings (SSSR count). The molecule has 1 aliphatic heterocycles.